The van der Waals surface area contributed by atoms with Crippen LogP contribution in [0.1, 0.15) is 25.3 Å². The molecule has 2 aromatic rings. The number of likely N-dealkylation sites (tertiary alicyclic amines) is 1. The van der Waals surface area contributed by atoms with Gasteiger partial charge in [-0.1, -0.05) is 18.2 Å². The van der Waals surface area contributed by atoms with Crippen molar-refractivity contribution in [3.8, 4) is 11.5 Å². The van der Waals surface area contributed by atoms with Gasteiger partial charge in [0.1, 0.15) is 0 Å². The number of amides is 2. The fraction of sp³-hybridized carbons (Fsp3) is 0.417. The van der Waals surface area contributed by atoms with E-state index in [0.717, 1.165) is 38.0 Å². The van der Waals surface area contributed by atoms with Crippen molar-refractivity contribution < 1.29 is 19.1 Å². The standard InChI is InChI=1S/C24H27N3O4/c1-16-12-18-4-2-3-5-20(18)27(16)23(28)14-26-10-8-17(9-11-26)24(29)25-19-6-7-21-22(13-19)31-15-30-21/h2-7,13,16-17H,8-12,14-15H2,1H3,(H,25,29). The molecule has 3 aliphatic rings. The maximum absolute atomic E-state index is 13.0. The summed E-state index contributed by atoms with van der Waals surface area (Å²) in [6, 6.07) is 13.8. The highest BCUT2D eigenvalue weighted by Gasteiger charge is 2.33. The molecule has 31 heavy (non-hydrogen) atoms. The summed E-state index contributed by atoms with van der Waals surface area (Å²) in [6.07, 6.45) is 2.40. The summed E-state index contributed by atoms with van der Waals surface area (Å²) in [6.45, 7) is 4.20. The molecule has 5 rings (SSSR count). The number of hydrogen-bond acceptors (Lipinski definition) is 5. The average Bonchev–Trinajstić information content (AvgIpc) is 3.37. The van der Waals surface area contributed by atoms with E-state index in [9.17, 15) is 9.59 Å². The smallest absolute Gasteiger partial charge is 0.241 e. The summed E-state index contributed by atoms with van der Waals surface area (Å²) in [5.41, 5.74) is 2.99. The molecule has 0 radical (unpaired) electrons. The molecule has 0 bridgehead atoms. The van der Waals surface area contributed by atoms with Crippen LogP contribution in [0.4, 0.5) is 11.4 Å². The average molecular weight is 421 g/mol. The molecule has 1 saturated heterocycles. The monoisotopic (exact) mass is 421 g/mol. The second-order valence-electron chi connectivity index (χ2n) is 8.55. The molecule has 7 heteroatoms. The molecule has 1 fully saturated rings. The van der Waals surface area contributed by atoms with E-state index in [1.807, 2.05) is 35.2 Å². The minimum Gasteiger partial charge on any atom is -0.454 e. The third-order valence-electron chi connectivity index (χ3n) is 6.43. The highest BCUT2D eigenvalue weighted by molar-refractivity contribution is 5.97. The number of benzene rings is 2. The highest BCUT2D eigenvalue weighted by Crippen LogP contribution is 2.35. The third kappa shape index (κ3) is 3.97. The quantitative estimate of drug-likeness (QED) is 0.822. The predicted molar refractivity (Wildman–Crippen MR) is 117 cm³/mol. The Morgan fingerprint density at radius 2 is 1.84 bits per heavy atom. The van der Waals surface area contributed by atoms with Crippen molar-refractivity contribution in [3.05, 3.63) is 48.0 Å². The van der Waals surface area contributed by atoms with Crippen LogP contribution in [0.15, 0.2) is 42.5 Å². The molecule has 1 N–H and O–H groups in total. The van der Waals surface area contributed by atoms with Crippen LogP contribution in [-0.2, 0) is 16.0 Å². The van der Waals surface area contributed by atoms with Gasteiger partial charge in [-0.15, -0.1) is 0 Å². The van der Waals surface area contributed by atoms with E-state index >= 15 is 0 Å². The van der Waals surface area contributed by atoms with Crippen LogP contribution in [0.3, 0.4) is 0 Å². The maximum Gasteiger partial charge on any atom is 0.241 e. The van der Waals surface area contributed by atoms with Crippen LogP contribution < -0.4 is 19.7 Å². The van der Waals surface area contributed by atoms with Crippen LogP contribution in [-0.4, -0.2) is 49.2 Å². The second-order valence-corrected chi connectivity index (χ2v) is 8.55. The number of carbonyl (C=O) groups is 2. The molecule has 2 amide bonds. The van der Waals surface area contributed by atoms with E-state index in [1.54, 1.807) is 6.07 Å². The number of rotatable bonds is 4. The molecule has 1 atom stereocenters. The van der Waals surface area contributed by atoms with E-state index in [-0.39, 0.29) is 30.6 Å². The first-order chi connectivity index (χ1) is 15.1. The zero-order valence-electron chi connectivity index (χ0n) is 17.7. The van der Waals surface area contributed by atoms with Crippen LogP contribution in [0.25, 0.3) is 0 Å². The van der Waals surface area contributed by atoms with Gasteiger partial charge in [0, 0.05) is 29.4 Å². The van der Waals surface area contributed by atoms with Crippen molar-refractivity contribution >= 4 is 23.2 Å². The first kappa shape index (κ1) is 19.9. The normalized spacial score (nSPS) is 20.5. The molecule has 0 spiro atoms. The zero-order chi connectivity index (χ0) is 21.4. The Bertz CT molecular complexity index is 1000. The van der Waals surface area contributed by atoms with Gasteiger partial charge in [0.05, 0.1) is 6.54 Å². The lowest BCUT2D eigenvalue weighted by Crippen LogP contribution is -2.46. The van der Waals surface area contributed by atoms with E-state index in [4.69, 9.17) is 9.47 Å². The van der Waals surface area contributed by atoms with E-state index in [0.29, 0.717) is 23.7 Å². The summed E-state index contributed by atoms with van der Waals surface area (Å²) < 4.78 is 10.7. The Hall–Kier alpha value is -3.06. The van der Waals surface area contributed by atoms with Crippen LogP contribution >= 0.6 is 0 Å². The molecule has 7 nitrogen and oxygen atoms in total. The van der Waals surface area contributed by atoms with Crippen molar-refractivity contribution in [1.82, 2.24) is 4.90 Å². The Morgan fingerprint density at radius 3 is 2.68 bits per heavy atom. The van der Waals surface area contributed by atoms with Crippen LogP contribution in [0.5, 0.6) is 11.5 Å². The maximum atomic E-state index is 13.0. The summed E-state index contributed by atoms with van der Waals surface area (Å²) >= 11 is 0. The number of nitrogens with zero attached hydrogens (tertiary/aromatic N) is 2. The summed E-state index contributed by atoms with van der Waals surface area (Å²) in [5, 5.41) is 2.99. The number of carbonyl (C=O) groups excluding carboxylic acids is 2. The molecule has 0 aliphatic carbocycles. The van der Waals surface area contributed by atoms with Crippen LogP contribution in [0.2, 0.25) is 0 Å². The molecule has 3 heterocycles. The van der Waals surface area contributed by atoms with Gasteiger partial charge in [-0.3, -0.25) is 14.5 Å². The third-order valence-corrected chi connectivity index (χ3v) is 6.43. The van der Waals surface area contributed by atoms with Gasteiger partial charge >= 0.3 is 0 Å². The fourth-order valence-electron chi connectivity index (χ4n) is 4.78. The van der Waals surface area contributed by atoms with Crippen molar-refractivity contribution in [2.24, 2.45) is 5.92 Å². The second kappa shape index (κ2) is 8.23. The summed E-state index contributed by atoms with van der Waals surface area (Å²) in [5.74, 6) is 1.46. The Balaban J connectivity index is 1.14. The SMILES string of the molecule is CC1Cc2ccccc2N1C(=O)CN1CCC(C(=O)Nc2ccc3c(c2)OCO3)CC1. The lowest BCUT2D eigenvalue weighted by molar-refractivity contribution is -0.122. The number of fused-ring (bicyclic) bond motifs is 2. The molecule has 162 valence electrons. The largest absolute Gasteiger partial charge is 0.454 e. The van der Waals surface area contributed by atoms with Crippen molar-refractivity contribution in [2.45, 2.75) is 32.2 Å². The predicted octanol–water partition coefficient (Wildman–Crippen LogP) is 3.04. The summed E-state index contributed by atoms with van der Waals surface area (Å²) in [7, 11) is 0. The molecule has 0 aromatic heterocycles. The first-order valence-electron chi connectivity index (χ1n) is 10.9. The minimum absolute atomic E-state index is 0.0203. The van der Waals surface area contributed by atoms with E-state index in [1.165, 1.54) is 5.56 Å². The van der Waals surface area contributed by atoms with Crippen molar-refractivity contribution in [3.63, 3.8) is 0 Å². The van der Waals surface area contributed by atoms with Crippen molar-refractivity contribution in [2.75, 3.05) is 36.6 Å². The minimum atomic E-state index is -0.0526. The van der Waals surface area contributed by atoms with Gasteiger partial charge in [0.15, 0.2) is 11.5 Å². The van der Waals surface area contributed by atoms with Gasteiger partial charge in [-0.25, -0.2) is 0 Å². The molecule has 0 saturated carbocycles. The fourth-order valence-corrected chi connectivity index (χ4v) is 4.78. The van der Waals surface area contributed by atoms with Crippen molar-refractivity contribution in [1.29, 1.82) is 0 Å². The lowest BCUT2D eigenvalue weighted by atomic mass is 9.95. The number of ether oxygens (including phenoxy) is 2. The Labute approximate surface area is 181 Å². The molecule has 1 unspecified atom stereocenters. The topological polar surface area (TPSA) is 71.1 Å². The number of hydrogen-bond donors (Lipinski definition) is 1. The Kier molecular flexibility index (Phi) is 5.28. The number of para-hydroxylation sites is 1. The molecule has 2 aromatic carbocycles. The van der Waals surface area contributed by atoms with Gasteiger partial charge in [0.2, 0.25) is 18.6 Å². The Morgan fingerprint density at radius 1 is 1.06 bits per heavy atom. The summed E-state index contributed by atoms with van der Waals surface area (Å²) in [4.78, 5) is 29.8. The van der Waals surface area contributed by atoms with Gasteiger partial charge in [0.25, 0.3) is 0 Å². The molecular weight excluding hydrogens is 394 g/mol. The first-order valence-corrected chi connectivity index (χ1v) is 10.9. The highest BCUT2D eigenvalue weighted by atomic mass is 16.7. The molecular formula is C24H27N3O4. The number of anilines is 2. The lowest BCUT2D eigenvalue weighted by Gasteiger charge is -2.32. The van der Waals surface area contributed by atoms with E-state index in [2.05, 4.69) is 23.2 Å². The number of nitrogens with one attached hydrogen (secondary N) is 1. The van der Waals surface area contributed by atoms with Crippen LogP contribution in [0, 0.1) is 5.92 Å². The van der Waals surface area contributed by atoms with Gasteiger partial charge in [-0.2, -0.15) is 0 Å². The number of piperidine rings is 1. The zero-order valence-corrected chi connectivity index (χ0v) is 17.7. The van der Waals surface area contributed by atoms with Gasteiger partial charge < -0.3 is 19.7 Å². The van der Waals surface area contributed by atoms with Gasteiger partial charge in [-0.05, 0) is 63.0 Å². The van der Waals surface area contributed by atoms with E-state index < -0.39 is 0 Å². The molecule has 3 aliphatic heterocycles.